The van der Waals surface area contributed by atoms with Crippen LogP contribution in [-0.2, 0) is 17.6 Å². The number of benzene rings is 2. The van der Waals surface area contributed by atoms with Crippen LogP contribution < -0.4 is 10.5 Å². The summed E-state index contributed by atoms with van der Waals surface area (Å²) in [7, 11) is 1.33. The van der Waals surface area contributed by atoms with Gasteiger partial charge < -0.3 is 15.2 Å². The number of rotatable bonds is 3. The molecule has 2 N–H and O–H groups in total. The van der Waals surface area contributed by atoms with E-state index in [0.717, 1.165) is 18.6 Å². The number of fused-ring (bicyclic) bond motifs is 1. The highest BCUT2D eigenvalue weighted by Crippen LogP contribution is 2.30. The third kappa shape index (κ3) is 2.70. The maximum Gasteiger partial charge on any atom is 0.340 e. The smallest absolute Gasteiger partial charge is 0.340 e. The molecule has 4 nitrogen and oxygen atoms in total. The molecular weight excluding hydrogens is 266 g/mol. The van der Waals surface area contributed by atoms with Crippen LogP contribution in [0, 0.1) is 0 Å². The standard InChI is InChI=1S/C17H17NO3/c1-20-17(19)15-10-14(7-8-16(15)18)21-13-6-5-11-3-2-4-12(11)9-13/h5-10H,2-4,18H2,1H3. The van der Waals surface area contributed by atoms with Crippen LogP contribution in [-0.4, -0.2) is 13.1 Å². The molecule has 0 radical (unpaired) electrons. The van der Waals surface area contributed by atoms with E-state index in [1.165, 1.54) is 24.7 Å². The highest BCUT2D eigenvalue weighted by molar-refractivity contribution is 5.95. The molecule has 4 heteroatoms. The van der Waals surface area contributed by atoms with Gasteiger partial charge in [0.15, 0.2) is 0 Å². The fourth-order valence-corrected chi connectivity index (χ4v) is 2.63. The Morgan fingerprint density at radius 3 is 2.57 bits per heavy atom. The Balaban J connectivity index is 1.86. The Bertz CT molecular complexity index is 694. The minimum atomic E-state index is -0.466. The zero-order valence-corrected chi connectivity index (χ0v) is 11.9. The van der Waals surface area contributed by atoms with E-state index in [4.69, 9.17) is 15.2 Å². The van der Waals surface area contributed by atoms with Gasteiger partial charge in [0, 0.05) is 5.69 Å². The van der Waals surface area contributed by atoms with Crippen molar-refractivity contribution in [2.75, 3.05) is 12.8 Å². The van der Waals surface area contributed by atoms with E-state index < -0.39 is 5.97 Å². The molecule has 3 rings (SSSR count). The quantitative estimate of drug-likeness (QED) is 0.693. The van der Waals surface area contributed by atoms with E-state index in [0.29, 0.717) is 17.0 Å². The zero-order chi connectivity index (χ0) is 14.8. The lowest BCUT2D eigenvalue weighted by Gasteiger charge is -2.10. The molecule has 0 saturated heterocycles. The maximum absolute atomic E-state index is 11.6. The Kier molecular flexibility index (Phi) is 3.52. The predicted molar refractivity (Wildman–Crippen MR) is 80.7 cm³/mol. The summed E-state index contributed by atoms with van der Waals surface area (Å²) < 4.78 is 10.5. The van der Waals surface area contributed by atoms with Crippen LogP contribution in [0.1, 0.15) is 27.9 Å². The van der Waals surface area contributed by atoms with E-state index in [9.17, 15) is 4.79 Å². The number of esters is 1. The third-order valence-corrected chi connectivity index (χ3v) is 3.74. The summed E-state index contributed by atoms with van der Waals surface area (Å²) in [4.78, 5) is 11.6. The minimum absolute atomic E-state index is 0.316. The SMILES string of the molecule is COC(=O)c1cc(Oc2ccc3c(c2)CCC3)ccc1N. The lowest BCUT2D eigenvalue weighted by molar-refractivity contribution is 0.0601. The number of hydrogen-bond donors (Lipinski definition) is 1. The Morgan fingerprint density at radius 2 is 1.76 bits per heavy atom. The van der Waals surface area contributed by atoms with Crippen LogP contribution in [0.4, 0.5) is 5.69 Å². The number of ether oxygens (including phenoxy) is 2. The molecular formula is C17H17NO3. The third-order valence-electron chi connectivity index (χ3n) is 3.74. The van der Waals surface area contributed by atoms with Crippen molar-refractivity contribution in [1.29, 1.82) is 0 Å². The van der Waals surface area contributed by atoms with Crippen molar-refractivity contribution in [2.45, 2.75) is 19.3 Å². The van der Waals surface area contributed by atoms with Crippen LogP contribution in [0.3, 0.4) is 0 Å². The molecule has 0 heterocycles. The second-order valence-electron chi connectivity index (χ2n) is 5.13. The monoisotopic (exact) mass is 283 g/mol. The lowest BCUT2D eigenvalue weighted by Crippen LogP contribution is -2.05. The first kappa shape index (κ1) is 13.5. The van der Waals surface area contributed by atoms with Gasteiger partial charge in [0.1, 0.15) is 11.5 Å². The number of methoxy groups -OCH3 is 1. The summed E-state index contributed by atoms with van der Waals surface area (Å²) in [6.45, 7) is 0. The fourth-order valence-electron chi connectivity index (χ4n) is 2.63. The van der Waals surface area contributed by atoms with E-state index in [1.807, 2.05) is 6.07 Å². The molecule has 1 aliphatic carbocycles. The first-order valence-electron chi connectivity index (χ1n) is 6.95. The van der Waals surface area contributed by atoms with Gasteiger partial charge in [-0.25, -0.2) is 4.79 Å². The average Bonchev–Trinajstić information content (AvgIpc) is 2.96. The average molecular weight is 283 g/mol. The number of nitrogens with two attached hydrogens (primary N) is 1. The predicted octanol–water partition coefficient (Wildman–Crippen LogP) is 3.34. The topological polar surface area (TPSA) is 61.5 Å². The molecule has 0 amide bonds. The molecule has 0 spiro atoms. The Hall–Kier alpha value is -2.49. The summed E-state index contributed by atoms with van der Waals surface area (Å²) in [5.41, 5.74) is 9.21. The van der Waals surface area contributed by atoms with Gasteiger partial charge in [0.2, 0.25) is 0 Å². The van der Waals surface area contributed by atoms with E-state index in [1.54, 1.807) is 18.2 Å². The molecule has 0 aromatic heterocycles. The van der Waals surface area contributed by atoms with Gasteiger partial charge in [-0.3, -0.25) is 0 Å². The number of nitrogen functional groups attached to an aromatic ring is 1. The molecule has 0 aliphatic heterocycles. The molecule has 2 aromatic rings. The van der Waals surface area contributed by atoms with Gasteiger partial charge in [0.05, 0.1) is 12.7 Å². The number of anilines is 1. The number of carbonyl (C=O) groups excluding carboxylic acids is 1. The van der Waals surface area contributed by atoms with Gasteiger partial charge in [-0.2, -0.15) is 0 Å². The second-order valence-corrected chi connectivity index (χ2v) is 5.13. The summed E-state index contributed by atoms with van der Waals surface area (Å²) in [6, 6.07) is 11.1. The van der Waals surface area contributed by atoms with Gasteiger partial charge in [-0.05, 0) is 60.7 Å². The van der Waals surface area contributed by atoms with Crippen LogP contribution in [0.25, 0.3) is 0 Å². The Morgan fingerprint density at radius 1 is 1.05 bits per heavy atom. The van der Waals surface area contributed by atoms with Crippen molar-refractivity contribution >= 4 is 11.7 Å². The normalized spacial score (nSPS) is 12.8. The van der Waals surface area contributed by atoms with Crippen molar-refractivity contribution in [1.82, 2.24) is 0 Å². The van der Waals surface area contributed by atoms with Crippen LogP contribution >= 0.6 is 0 Å². The molecule has 1 aliphatic rings. The first-order valence-corrected chi connectivity index (χ1v) is 6.95. The second kappa shape index (κ2) is 5.48. The summed E-state index contributed by atoms with van der Waals surface area (Å²) in [5, 5.41) is 0. The van der Waals surface area contributed by atoms with Crippen LogP contribution in [0.5, 0.6) is 11.5 Å². The van der Waals surface area contributed by atoms with Gasteiger partial charge >= 0.3 is 5.97 Å². The van der Waals surface area contributed by atoms with E-state index >= 15 is 0 Å². The molecule has 0 fully saturated rings. The van der Waals surface area contributed by atoms with Crippen molar-refractivity contribution in [3.63, 3.8) is 0 Å². The summed E-state index contributed by atoms with van der Waals surface area (Å²) >= 11 is 0. The maximum atomic E-state index is 11.6. The summed E-state index contributed by atoms with van der Waals surface area (Å²) in [5.74, 6) is 0.880. The largest absolute Gasteiger partial charge is 0.465 e. The summed E-state index contributed by atoms with van der Waals surface area (Å²) in [6.07, 6.45) is 3.44. The number of hydrogen-bond acceptors (Lipinski definition) is 4. The molecule has 0 saturated carbocycles. The van der Waals surface area contributed by atoms with Crippen LogP contribution in [0.2, 0.25) is 0 Å². The Labute approximate surface area is 123 Å². The highest BCUT2D eigenvalue weighted by Gasteiger charge is 2.14. The minimum Gasteiger partial charge on any atom is -0.465 e. The van der Waals surface area contributed by atoms with Crippen molar-refractivity contribution < 1.29 is 14.3 Å². The van der Waals surface area contributed by atoms with Crippen molar-refractivity contribution in [3.8, 4) is 11.5 Å². The first-order chi connectivity index (χ1) is 10.2. The molecule has 21 heavy (non-hydrogen) atoms. The lowest BCUT2D eigenvalue weighted by atomic mass is 10.1. The van der Waals surface area contributed by atoms with Crippen LogP contribution in [0.15, 0.2) is 36.4 Å². The number of carbonyl (C=O) groups is 1. The van der Waals surface area contributed by atoms with Gasteiger partial charge in [-0.1, -0.05) is 6.07 Å². The van der Waals surface area contributed by atoms with E-state index in [2.05, 4.69) is 12.1 Å². The zero-order valence-electron chi connectivity index (χ0n) is 11.9. The molecule has 0 bridgehead atoms. The van der Waals surface area contributed by atoms with Gasteiger partial charge in [-0.15, -0.1) is 0 Å². The molecule has 2 aromatic carbocycles. The van der Waals surface area contributed by atoms with E-state index in [-0.39, 0.29) is 0 Å². The van der Waals surface area contributed by atoms with Gasteiger partial charge in [0.25, 0.3) is 0 Å². The number of aryl methyl sites for hydroxylation is 2. The molecule has 0 unspecified atom stereocenters. The highest BCUT2D eigenvalue weighted by atomic mass is 16.5. The van der Waals surface area contributed by atoms with Crippen molar-refractivity contribution in [2.24, 2.45) is 0 Å². The van der Waals surface area contributed by atoms with Crippen molar-refractivity contribution in [3.05, 3.63) is 53.1 Å². The molecule has 0 atom stereocenters. The molecule has 108 valence electrons. The fraction of sp³-hybridized carbons (Fsp3) is 0.235.